The van der Waals surface area contributed by atoms with Gasteiger partial charge in [0.2, 0.25) is 5.75 Å². The van der Waals surface area contributed by atoms with Crippen LogP contribution >= 0.6 is 15.9 Å². The highest BCUT2D eigenvalue weighted by Gasteiger charge is 2.19. The Morgan fingerprint density at radius 1 is 1.33 bits per heavy atom. The second-order valence-corrected chi connectivity index (χ2v) is 5.09. The van der Waals surface area contributed by atoms with Gasteiger partial charge in [0.15, 0.2) is 0 Å². The Hall–Kier alpha value is -2.41. The van der Waals surface area contributed by atoms with Crippen molar-refractivity contribution in [3.8, 4) is 11.5 Å². The average Bonchev–Trinajstić information content (AvgIpc) is 2.42. The van der Waals surface area contributed by atoms with Gasteiger partial charge in [-0.15, -0.1) is 0 Å². The summed E-state index contributed by atoms with van der Waals surface area (Å²) in [5.74, 6) is -0.611. The lowest BCUT2D eigenvalue weighted by Gasteiger charge is -2.11. The Bertz CT molecular complexity index is 729. The Morgan fingerprint density at radius 3 is 2.62 bits per heavy atom. The van der Waals surface area contributed by atoms with E-state index in [1.165, 1.54) is 30.3 Å². The second-order valence-electron chi connectivity index (χ2n) is 4.23. The normalized spacial score (nSPS) is 10.2. The number of hydrogen-bond acceptors (Lipinski definition) is 4. The first-order chi connectivity index (χ1) is 9.90. The first-order valence-corrected chi connectivity index (χ1v) is 6.64. The van der Waals surface area contributed by atoms with Crippen LogP contribution in [0.5, 0.6) is 11.5 Å². The molecule has 0 saturated carbocycles. The average molecular weight is 352 g/mol. The molecule has 0 unspecified atom stereocenters. The van der Waals surface area contributed by atoms with E-state index in [1.807, 2.05) is 0 Å². The summed E-state index contributed by atoms with van der Waals surface area (Å²) < 4.78 is 6.03. The summed E-state index contributed by atoms with van der Waals surface area (Å²) in [6.45, 7) is 1.67. The zero-order chi connectivity index (χ0) is 15.6. The summed E-state index contributed by atoms with van der Waals surface area (Å²) >= 11 is 3.21. The molecule has 6 nitrogen and oxygen atoms in total. The number of ether oxygens (including phenoxy) is 1. The summed E-state index contributed by atoms with van der Waals surface area (Å²) in [5, 5.41) is 19.9. The van der Waals surface area contributed by atoms with E-state index in [-0.39, 0.29) is 17.0 Å². The maximum absolute atomic E-state index is 11.0. The Morgan fingerprint density at radius 2 is 2.05 bits per heavy atom. The molecule has 0 bridgehead atoms. The number of aromatic carboxylic acids is 1. The predicted octanol–water partition coefficient (Wildman–Crippen LogP) is 4.16. The quantitative estimate of drug-likeness (QED) is 0.659. The summed E-state index contributed by atoms with van der Waals surface area (Å²) in [5.41, 5.74) is 0.521. The molecule has 2 aromatic rings. The van der Waals surface area contributed by atoms with E-state index in [1.54, 1.807) is 13.0 Å². The van der Waals surface area contributed by atoms with Gasteiger partial charge in [-0.2, -0.15) is 0 Å². The molecule has 0 aromatic heterocycles. The van der Waals surface area contributed by atoms with Crippen molar-refractivity contribution in [3.05, 3.63) is 62.1 Å². The zero-order valence-electron chi connectivity index (χ0n) is 10.9. The van der Waals surface area contributed by atoms with Gasteiger partial charge in [-0.3, -0.25) is 10.1 Å². The lowest BCUT2D eigenvalue weighted by Crippen LogP contribution is -1.99. The molecule has 0 spiro atoms. The van der Waals surface area contributed by atoms with Crippen LogP contribution in [0.2, 0.25) is 0 Å². The number of carboxylic acid groups (broad SMARTS) is 1. The topological polar surface area (TPSA) is 89.7 Å². The second kappa shape index (κ2) is 5.92. The maximum Gasteiger partial charge on any atom is 0.335 e. The highest BCUT2D eigenvalue weighted by molar-refractivity contribution is 9.10. The fraction of sp³-hybridized carbons (Fsp3) is 0.0714. The summed E-state index contributed by atoms with van der Waals surface area (Å²) in [4.78, 5) is 21.4. The van der Waals surface area contributed by atoms with E-state index < -0.39 is 10.9 Å². The van der Waals surface area contributed by atoms with E-state index in [9.17, 15) is 14.9 Å². The fourth-order valence-corrected chi connectivity index (χ4v) is 2.19. The number of nitro benzene ring substituents is 1. The summed E-state index contributed by atoms with van der Waals surface area (Å²) in [6.07, 6.45) is 0. The van der Waals surface area contributed by atoms with Crippen molar-refractivity contribution in [1.29, 1.82) is 0 Å². The third kappa shape index (κ3) is 3.19. The molecule has 0 aliphatic rings. The first kappa shape index (κ1) is 15.0. The third-order valence-corrected chi connectivity index (χ3v) is 3.40. The van der Waals surface area contributed by atoms with Crippen molar-refractivity contribution in [1.82, 2.24) is 0 Å². The van der Waals surface area contributed by atoms with E-state index in [0.717, 1.165) is 0 Å². The Labute approximate surface area is 128 Å². The fourth-order valence-electron chi connectivity index (χ4n) is 1.75. The van der Waals surface area contributed by atoms with Crippen LogP contribution in [0, 0.1) is 17.0 Å². The van der Waals surface area contributed by atoms with Gasteiger partial charge < -0.3 is 9.84 Å². The molecule has 2 rings (SSSR count). The van der Waals surface area contributed by atoms with E-state index >= 15 is 0 Å². The molecule has 0 atom stereocenters. The SMILES string of the molecule is Cc1cc(C(=O)O)ccc1Oc1c(Br)cccc1[N+](=O)[O-]. The smallest absolute Gasteiger partial charge is 0.335 e. The molecular weight excluding hydrogens is 342 g/mol. The van der Waals surface area contributed by atoms with Crippen molar-refractivity contribution in [2.45, 2.75) is 6.92 Å². The van der Waals surface area contributed by atoms with Crippen molar-refractivity contribution >= 4 is 27.6 Å². The Balaban J connectivity index is 2.44. The van der Waals surface area contributed by atoms with Crippen LogP contribution in [0.15, 0.2) is 40.9 Å². The highest BCUT2D eigenvalue weighted by Crippen LogP contribution is 2.38. The minimum atomic E-state index is -1.04. The molecular formula is C14H10BrNO5. The van der Waals surface area contributed by atoms with Crippen LogP contribution in [0.25, 0.3) is 0 Å². The molecule has 108 valence electrons. The van der Waals surface area contributed by atoms with Crippen LogP contribution in [0.1, 0.15) is 15.9 Å². The lowest BCUT2D eigenvalue weighted by molar-refractivity contribution is -0.385. The number of para-hydroxylation sites is 1. The molecule has 2 aromatic carbocycles. The van der Waals surface area contributed by atoms with E-state index in [4.69, 9.17) is 9.84 Å². The van der Waals surface area contributed by atoms with E-state index in [2.05, 4.69) is 15.9 Å². The van der Waals surface area contributed by atoms with Crippen LogP contribution in [-0.4, -0.2) is 16.0 Å². The number of nitro groups is 1. The van der Waals surface area contributed by atoms with Crippen LogP contribution in [-0.2, 0) is 0 Å². The molecule has 21 heavy (non-hydrogen) atoms. The minimum absolute atomic E-state index is 0.0775. The maximum atomic E-state index is 11.0. The van der Waals surface area contributed by atoms with Crippen molar-refractivity contribution in [2.24, 2.45) is 0 Å². The van der Waals surface area contributed by atoms with Crippen LogP contribution < -0.4 is 4.74 Å². The van der Waals surface area contributed by atoms with Gasteiger partial charge in [0.05, 0.1) is 15.0 Å². The molecule has 1 N–H and O–H groups in total. The molecule has 0 saturated heterocycles. The molecule has 0 heterocycles. The standard InChI is InChI=1S/C14H10BrNO5/c1-8-7-9(14(17)18)5-6-12(8)21-13-10(15)3-2-4-11(13)16(19)20/h2-7H,1H3,(H,17,18). The highest BCUT2D eigenvalue weighted by atomic mass is 79.9. The van der Waals surface area contributed by atoms with Gasteiger partial charge >= 0.3 is 11.7 Å². The molecule has 0 radical (unpaired) electrons. The number of hydrogen-bond donors (Lipinski definition) is 1. The number of aryl methyl sites for hydroxylation is 1. The predicted molar refractivity (Wildman–Crippen MR) is 79.0 cm³/mol. The van der Waals surface area contributed by atoms with Gasteiger partial charge in [0.1, 0.15) is 5.75 Å². The summed E-state index contributed by atoms with van der Waals surface area (Å²) in [7, 11) is 0. The largest absolute Gasteiger partial charge is 0.478 e. The molecule has 0 aliphatic heterocycles. The number of halogens is 1. The summed E-state index contributed by atoms with van der Waals surface area (Å²) in [6, 6.07) is 8.80. The lowest BCUT2D eigenvalue weighted by atomic mass is 10.1. The van der Waals surface area contributed by atoms with Gasteiger partial charge in [0, 0.05) is 6.07 Å². The van der Waals surface area contributed by atoms with Gasteiger partial charge in [-0.1, -0.05) is 6.07 Å². The number of nitrogens with zero attached hydrogens (tertiary/aromatic N) is 1. The molecule has 0 amide bonds. The van der Waals surface area contributed by atoms with Crippen molar-refractivity contribution in [2.75, 3.05) is 0 Å². The number of rotatable bonds is 4. The number of carboxylic acids is 1. The molecule has 0 aliphatic carbocycles. The van der Waals surface area contributed by atoms with E-state index in [0.29, 0.717) is 15.8 Å². The Kier molecular flexibility index (Phi) is 4.23. The molecule has 7 heteroatoms. The van der Waals surface area contributed by atoms with Crippen molar-refractivity contribution in [3.63, 3.8) is 0 Å². The monoisotopic (exact) mass is 351 g/mol. The van der Waals surface area contributed by atoms with Crippen LogP contribution in [0.4, 0.5) is 5.69 Å². The van der Waals surface area contributed by atoms with Gasteiger partial charge in [0.25, 0.3) is 0 Å². The zero-order valence-corrected chi connectivity index (χ0v) is 12.5. The minimum Gasteiger partial charge on any atom is -0.478 e. The molecule has 0 fully saturated rings. The van der Waals surface area contributed by atoms with Gasteiger partial charge in [-0.25, -0.2) is 4.79 Å². The van der Waals surface area contributed by atoms with Gasteiger partial charge in [-0.05, 0) is 52.7 Å². The van der Waals surface area contributed by atoms with Crippen molar-refractivity contribution < 1.29 is 19.6 Å². The van der Waals surface area contributed by atoms with Crippen LogP contribution in [0.3, 0.4) is 0 Å². The third-order valence-electron chi connectivity index (χ3n) is 2.78. The number of benzene rings is 2. The first-order valence-electron chi connectivity index (χ1n) is 5.85. The number of carbonyl (C=O) groups is 1.